The molecule has 0 amide bonds. The average molecular weight is 499 g/mol. The second-order valence-electron chi connectivity index (χ2n) is 9.55. The molecule has 0 saturated heterocycles. The van der Waals surface area contributed by atoms with Crippen LogP contribution >= 0.6 is 0 Å². The van der Waals surface area contributed by atoms with E-state index < -0.39 is 21.3 Å². The SMILES string of the molecule is CCCc1cc(=O)oc2c(C(=O)CC)c(OS(=O)(=O)c3ccc(C)cc3)c3c(c12)OC(C)(C)CC3. The Labute approximate surface area is 205 Å². The molecule has 2 aromatic carbocycles. The Hall–Kier alpha value is -3.13. The number of hydrogen-bond acceptors (Lipinski definition) is 7. The van der Waals surface area contributed by atoms with Crippen molar-refractivity contribution in [2.45, 2.75) is 77.2 Å². The third kappa shape index (κ3) is 4.72. The van der Waals surface area contributed by atoms with Gasteiger partial charge in [-0.3, -0.25) is 4.79 Å². The predicted molar refractivity (Wildman–Crippen MR) is 133 cm³/mol. The Morgan fingerprint density at radius 1 is 1.14 bits per heavy atom. The first-order chi connectivity index (χ1) is 16.5. The maximum Gasteiger partial charge on any atom is 0.339 e. The van der Waals surface area contributed by atoms with Crippen LogP contribution < -0.4 is 14.5 Å². The summed E-state index contributed by atoms with van der Waals surface area (Å²) in [6.45, 7) is 9.38. The van der Waals surface area contributed by atoms with Crippen LogP contribution in [0.4, 0.5) is 0 Å². The number of carbonyl (C=O) groups is 1. The van der Waals surface area contributed by atoms with E-state index in [9.17, 15) is 18.0 Å². The zero-order valence-corrected chi connectivity index (χ0v) is 21.5. The Morgan fingerprint density at radius 3 is 2.46 bits per heavy atom. The smallest absolute Gasteiger partial charge is 0.339 e. The van der Waals surface area contributed by atoms with Gasteiger partial charge in [-0.05, 0) is 57.7 Å². The Morgan fingerprint density at radius 2 is 1.83 bits per heavy atom. The molecule has 1 aliphatic rings. The summed E-state index contributed by atoms with van der Waals surface area (Å²) in [4.78, 5) is 25.7. The van der Waals surface area contributed by atoms with E-state index in [4.69, 9.17) is 13.3 Å². The topological polar surface area (TPSA) is 99.9 Å². The monoisotopic (exact) mass is 498 g/mol. The Bertz CT molecular complexity index is 1460. The van der Waals surface area contributed by atoms with E-state index in [-0.39, 0.29) is 34.0 Å². The van der Waals surface area contributed by atoms with Crippen molar-refractivity contribution in [2.24, 2.45) is 0 Å². The number of fused-ring (bicyclic) bond motifs is 3. The van der Waals surface area contributed by atoms with Crippen LogP contribution in [-0.2, 0) is 23.0 Å². The highest BCUT2D eigenvalue weighted by atomic mass is 32.2. The van der Waals surface area contributed by atoms with Gasteiger partial charge in [-0.1, -0.05) is 38.0 Å². The summed E-state index contributed by atoms with van der Waals surface area (Å²) in [5, 5.41) is 0.533. The van der Waals surface area contributed by atoms with Crippen molar-refractivity contribution >= 4 is 26.9 Å². The summed E-state index contributed by atoms with van der Waals surface area (Å²) in [7, 11) is -4.28. The van der Waals surface area contributed by atoms with Gasteiger partial charge in [-0.15, -0.1) is 0 Å². The molecule has 0 unspecified atom stereocenters. The molecule has 0 atom stereocenters. The van der Waals surface area contributed by atoms with Crippen molar-refractivity contribution in [1.29, 1.82) is 0 Å². The van der Waals surface area contributed by atoms with Crippen molar-refractivity contribution in [3.05, 3.63) is 63.0 Å². The zero-order chi connectivity index (χ0) is 25.5. The molecule has 0 N–H and O–H groups in total. The lowest BCUT2D eigenvalue weighted by atomic mass is 9.88. The molecule has 4 rings (SSSR count). The summed E-state index contributed by atoms with van der Waals surface area (Å²) >= 11 is 0. The van der Waals surface area contributed by atoms with Gasteiger partial charge in [0.1, 0.15) is 21.8 Å². The molecule has 0 spiro atoms. The molecule has 0 saturated carbocycles. The van der Waals surface area contributed by atoms with Gasteiger partial charge >= 0.3 is 15.7 Å². The molecule has 1 aromatic heterocycles. The van der Waals surface area contributed by atoms with E-state index in [0.717, 1.165) is 12.0 Å². The van der Waals surface area contributed by atoms with Crippen LogP contribution in [0.25, 0.3) is 11.0 Å². The minimum absolute atomic E-state index is 0.0124. The van der Waals surface area contributed by atoms with E-state index in [0.29, 0.717) is 41.5 Å². The van der Waals surface area contributed by atoms with Gasteiger partial charge in [-0.2, -0.15) is 8.42 Å². The molecular formula is C27H30O7S. The molecule has 1 aliphatic heterocycles. The van der Waals surface area contributed by atoms with Crippen LogP contribution in [0.5, 0.6) is 11.5 Å². The van der Waals surface area contributed by atoms with Crippen molar-refractivity contribution in [3.63, 3.8) is 0 Å². The third-order valence-corrected chi connectivity index (χ3v) is 7.49. The van der Waals surface area contributed by atoms with Crippen molar-refractivity contribution in [3.8, 4) is 11.5 Å². The first-order valence-corrected chi connectivity index (χ1v) is 13.3. The van der Waals surface area contributed by atoms with E-state index in [1.807, 2.05) is 27.7 Å². The lowest BCUT2D eigenvalue weighted by Gasteiger charge is -2.35. The summed E-state index contributed by atoms with van der Waals surface area (Å²) in [6, 6.07) is 7.68. The van der Waals surface area contributed by atoms with E-state index in [1.54, 1.807) is 19.1 Å². The Balaban J connectivity index is 2.09. The number of rotatable bonds is 7. The van der Waals surface area contributed by atoms with Gasteiger partial charge in [-0.25, -0.2) is 4.79 Å². The summed E-state index contributed by atoms with van der Waals surface area (Å²) in [6.07, 6.45) is 2.43. The first-order valence-electron chi connectivity index (χ1n) is 11.9. The molecule has 2 heterocycles. The number of ketones is 1. The van der Waals surface area contributed by atoms with Gasteiger partial charge in [0.05, 0.1) is 5.39 Å². The maximum absolute atomic E-state index is 13.3. The quantitative estimate of drug-likeness (QED) is 0.240. The fourth-order valence-corrected chi connectivity index (χ4v) is 5.39. The number of ether oxygens (including phenoxy) is 1. The van der Waals surface area contributed by atoms with Crippen LogP contribution in [0.3, 0.4) is 0 Å². The number of Topliss-reactive ketones (excluding diaryl/α,β-unsaturated/α-hetero) is 1. The molecular weight excluding hydrogens is 468 g/mol. The molecule has 186 valence electrons. The fraction of sp³-hybridized carbons (Fsp3) is 0.407. The van der Waals surface area contributed by atoms with Crippen LogP contribution in [0, 0.1) is 6.92 Å². The highest BCUT2D eigenvalue weighted by molar-refractivity contribution is 7.87. The third-order valence-electron chi connectivity index (χ3n) is 6.25. The van der Waals surface area contributed by atoms with E-state index in [1.165, 1.54) is 18.2 Å². The summed E-state index contributed by atoms with van der Waals surface area (Å²) in [5.74, 6) is -0.0917. The largest absolute Gasteiger partial charge is 0.487 e. The zero-order valence-electron chi connectivity index (χ0n) is 20.7. The second kappa shape index (κ2) is 9.15. The molecule has 0 fully saturated rings. The Kier molecular flexibility index (Phi) is 6.53. The van der Waals surface area contributed by atoms with Crippen molar-refractivity contribution in [2.75, 3.05) is 0 Å². The number of hydrogen-bond donors (Lipinski definition) is 0. The number of aryl methyl sites for hydroxylation is 2. The first kappa shape index (κ1) is 25.0. The average Bonchev–Trinajstić information content (AvgIpc) is 2.78. The molecule has 8 heteroatoms. The predicted octanol–water partition coefficient (Wildman–Crippen LogP) is 5.52. The van der Waals surface area contributed by atoms with Crippen LogP contribution in [-0.4, -0.2) is 19.8 Å². The minimum atomic E-state index is -4.28. The van der Waals surface area contributed by atoms with Crippen LogP contribution in [0.2, 0.25) is 0 Å². The maximum atomic E-state index is 13.3. The molecule has 35 heavy (non-hydrogen) atoms. The van der Waals surface area contributed by atoms with Gasteiger partial charge in [0.25, 0.3) is 0 Å². The summed E-state index contributed by atoms with van der Waals surface area (Å²) < 4.78 is 44.2. The molecule has 7 nitrogen and oxygen atoms in total. The molecule has 0 aliphatic carbocycles. The standard InChI is InChI=1S/C27H30O7S/c1-6-8-17-15-21(29)32-26-22(17)24-19(13-14-27(4,5)33-24)25(23(26)20(28)7-2)34-35(30,31)18-11-9-16(3)10-12-18/h9-12,15H,6-8,13-14H2,1-5H3. The van der Waals surface area contributed by atoms with Crippen molar-refractivity contribution in [1.82, 2.24) is 0 Å². The fourth-order valence-electron chi connectivity index (χ4n) is 4.42. The van der Waals surface area contributed by atoms with Crippen LogP contribution in [0.1, 0.15) is 74.0 Å². The number of benzene rings is 2. The van der Waals surface area contributed by atoms with Gasteiger partial charge in [0.2, 0.25) is 0 Å². The van der Waals surface area contributed by atoms with Crippen molar-refractivity contribution < 1.29 is 26.5 Å². The van der Waals surface area contributed by atoms with Gasteiger partial charge < -0.3 is 13.3 Å². The van der Waals surface area contributed by atoms with Gasteiger partial charge in [0, 0.05) is 18.1 Å². The normalized spacial score (nSPS) is 14.9. The second-order valence-corrected chi connectivity index (χ2v) is 11.1. The number of carbonyl (C=O) groups excluding carboxylic acids is 1. The van der Waals surface area contributed by atoms with Crippen LogP contribution in [0.15, 0.2) is 44.4 Å². The lowest BCUT2D eigenvalue weighted by molar-refractivity contribution is 0.0859. The molecule has 3 aromatic rings. The highest BCUT2D eigenvalue weighted by Gasteiger charge is 2.37. The van der Waals surface area contributed by atoms with E-state index >= 15 is 0 Å². The molecule has 0 bridgehead atoms. The van der Waals surface area contributed by atoms with Gasteiger partial charge in [0.15, 0.2) is 17.1 Å². The summed E-state index contributed by atoms with van der Waals surface area (Å²) in [5.41, 5.74) is 0.918. The highest BCUT2D eigenvalue weighted by Crippen LogP contribution is 2.48. The lowest BCUT2D eigenvalue weighted by Crippen LogP contribution is -2.33. The molecule has 0 radical (unpaired) electrons. The minimum Gasteiger partial charge on any atom is -0.487 e. The van der Waals surface area contributed by atoms with E-state index in [2.05, 4.69) is 0 Å².